The Hall–Kier alpha value is -6.47. The predicted octanol–water partition coefficient (Wildman–Crippen LogP) is -0.527. The molecule has 10 N–H and O–H groups in total. The molecule has 1 fully saturated rings. The molecular weight excluding hydrogens is 797 g/mol. The summed E-state index contributed by atoms with van der Waals surface area (Å²) in [7, 11) is 0. The third kappa shape index (κ3) is 7.85. The zero-order valence-corrected chi connectivity index (χ0v) is 31.6. The molecule has 1 aromatic carbocycles. The van der Waals surface area contributed by atoms with Crippen molar-refractivity contribution in [1.29, 1.82) is 0 Å². The normalized spacial score (nSPS) is 16.9. The third-order valence-corrected chi connectivity index (χ3v) is 11.1. The molecule has 25 heteroatoms. The lowest BCUT2D eigenvalue weighted by Gasteiger charge is -2.49. The number of carbonyl (C=O) groups excluding carboxylic acids is 5. The van der Waals surface area contributed by atoms with E-state index in [-0.39, 0.29) is 45.2 Å². The van der Waals surface area contributed by atoms with E-state index >= 15 is 0 Å². The van der Waals surface area contributed by atoms with Crippen LogP contribution in [0, 0.1) is 6.92 Å². The molecule has 0 radical (unpaired) electrons. The van der Waals surface area contributed by atoms with Crippen LogP contribution in [0.1, 0.15) is 46.2 Å². The maximum absolute atomic E-state index is 13.7. The van der Waals surface area contributed by atoms with Gasteiger partial charge in [0, 0.05) is 28.1 Å². The van der Waals surface area contributed by atoms with Crippen LogP contribution in [0.5, 0.6) is 11.5 Å². The summed E-state index contributed by atoms with van der Waals surface area (Å²) in [6, 6.07) is 3.75. The molecule has 5 heterocycles. The number of thiazole rings is 1. The number of aromatic hydroxyl groups is 2. The number of nitrogens with one attached hydrogen (secondary N) is 3. The maximum atomic E-state index is 13.7. The van der Waals surface area contributed by atoms with Crippen LogP contribution < -0.4 is 27.6 Å². The standard InChI is InChI=1S/C31H30N12O10S3/c1-11-6-17(43-30(34-11)37-22(40-43)21(32)46)54-8-13-9-55-26-19(25(49)42(26)20(13)27(50)51)36-24(48)18(14-10-56-29(33)35-14)41-53-31(2,3)28(52)39-38-23(47)12-4-5-15(44)16(45)7-12/h4-7,10,19,26,44-45H,8-9H2,1-3H3,(H2,32,46)(H2,33,35)(H,36,48)(H,38,47)(H,39,52)(H,50,51)/b41-18+. The molecule has 6 rings (SSSR count). The van der Waals surface area contributed by atoms with Crippen LogP contribution in [-0.4, -0.2) is 115 Å². The van der Waals surface area contributed by atoms with Crippen molar-refractivity contribution in [2.75, 3.05) is 17.2 Å². The summed E-state index contributed by atoms with van der Waals surface area (Å²) < 4.78 is 1.31. The summed E-state index contributed by atoms with van der Waals surface area (Å²) in [6.07, 6.45) is 0. The molecule has 4 aromatic rings. The second-order valence-corrected chi connectivity index (χ2v) is 15.4. The predicted molar refractivity (Wildman–Crippen MR) is 198 cm³/mol. The van der Waals surface area contributed by atoms with Gasteiger partial charge in [0.2, 0.25) is 11.4 Å². The number of phenols is 2. The molecule has 0 spiro atoms. The summed E-state index contributed by atoms with van der Waals surface area (Å²) in [5, 5.41) is 41.0. The number of thioether (sulfide) groups is 2. The molecule has 5 amide bonds. The molecule has 2 atom stereocenters. The highest BCUT2D eigenvalue weighted by Crippen LogP contribution is 2.41. The van der Waals surface area contributed by atoms with Gasteiger partial charge in [-0.25, -0.2) is 14.8 Å². The van der Waals surface area contributed by atoms with Gasteiger partial charge in [-0.1, -0.05) is 5.16 Å². The van der Waals surface area contributed by atoms with Crippen LogP contribution >= 0.6 is 34.9 Å². The molecule has 2 aliphatic rings. The Labute approximate surface area is 326 Å². The Bertz CT molecular complexity index is 2390. The highest BCUT2D eigenvalue weighted by molar-refractivity contribution is 8.01. The monoisotopic (exact) mass is 826 g/mol. The number of benzene rings is 1. The van der Waals surface area contributed by atoms with E-state index in [1.165, 1.54) is 53.3 Å². The number of hydrogen-bond acceptors (Lipinski definition) is 18. The summed E-state index contributed by atoms with van der Waals surface area (Å²) in [5.74, 6) is -6.46. The summed E-state index contributed by atoms with van der Waals surface area (Å²) in [6.45, 7) is 4.26. The van der Waals surface area contributed by atoms with Crippen molar-refractivity contribution in [3.63, 3.8) is 0 Å². The van der Waals surface area contributed by atoms with E-state index in [4.69, 9.17) is 16.3 Å². The third-order valence-electron chi connectivity index (χ3n) is 7.98. The first-order valence-corrected chi connectivity index (χ1v) is 18.8. The number of phenolic OH excluding ortho intramolecular Hbond substituents is 2. The van der Waals surface area contributed by atoms with Gasteiger partial charge in [-0.05, 0) is 50.6 Å². The first-order valence-electron chi connectivity index (χ1n) is 15.9. The molecule has 56 heavy (non-hydrogen) atoms. The highest BCUT2D eigenvalue weighted by Gasteiger charge is 2.54. The van der Waals surface area contributed by atoms with Crippen molar-refractivity contribution in [3.05, 3.63) is 63.7 Å². The van der Waals surface area contributed by atoms with Gasteiger partial charge >= 0.3 is 5.97 Å². The Morgan fingerprint density at radius 1 is 1.11 bits per heavy atom. The van der Waals surface area contributed by atoms with Crippen LogP contribution in [-0.2, 0) is 24.0 Å². The Balaban J connectivity index is 1.14. The molecule has 1 saturated heterocycles. The number of nitrogens with zero attached hydrogens (tertiary/aromatic N) is 7. The number of nitrogen functional groups attached to an aromatic ring is 1. The number of nitrogens with two attached hydrogens (primary N) is 2. The minimum Gasteiger partial charge on any atom is -0.504 e. The molecule has 2 unspecified atom stereocenters. The van der Waals surface area contributed by atoms with Gasteiger partial charge in [0.05, 0.1) is 0 Å². The van der Waals surface area contributed by atoms with Crippen molar-refractivity contribution in [3.8, 4) is 11.5 Å². The lowest BCUT2D eigenvalue weighted by molar-refractivity contribution is -0.150. The van der Waals surface area contributed by atoms with E-state index in [9.17, 15) is 44.1 Å². The number of aromatic nitrogens is 5. The van der Waals surface area contributed by atoms with Gasteiger partial charge in [-0.15, -0.1) is 40.0 Å². The number of amides is 5. The lowest BCUT2D eigenvalue weighted by Crippen LogP contribution is -2.71. The van der Waals surface area contributed by atoms with E-state index in [1.807, 2.05) is 0 Å². The minimum atomic E-state index is -1.83. The van der Waals surface area contributed by atoms with E-state index in [0.29, 0.717) is 16.3 Å². The van der Waals surface area contributed by atoms with Gasteiger partial charge in [-0.2, -0.15) is 9.50 Å². The average molecular weight is 827 g/mol. The van der Waals surface area contributed by atoms with Crippen molar-refractivity contribution in [1.82, 2.24) is 45.6 Å². The van der Waals surface area contributed by atoms with Crippen LogP contribution in [0.25, 0.3) is 5.78 Å². The van der Waals surface area contributed by atoms with Crippen LogP contribution in [0.3, 0.4) is 0 Å². The number of rotatable bonds is 12. The Kier molecular flexibility index (Phi) is 10.7. The number of anilines is 1. The second kappa shape index (κ2) is 15.3. The highest BCUT2D eigenvalue weighted by atomic mass is 32.2. The van der Waals surface area contributed by atoms with E-state index in [0.717, 1.165) is 28.4 Å². The number of fused-ring (bicyclic) bond motifs is 2. The SMILES string of the molecule is Cc1cc(SCC2=C(C(=O)O)N3C(=O)C(NC(=O)/C(=N/OC(C)(C)C(=O)NNC(=O)c4ccc(O)c(O)c4)c4csc(N)n4)C3SC2)n2nc(C(N)=O)nc2n1. The summed E-state index contributed by atoms with van der Waals surface area (Å²) >= 11 is 3.38. The molecule has 292 valence electrons. The molecule has 0 aliphatic carbocycles. The second-order valence-electron chi connectivity index (χ2n) is 12.4. The average Bonchev–Trinajstić information content (AvgIpc) is 3.78. The summed E-state index contributed by atoms with van der Waals surface area (Å²) in [5.41, 5.74) is 13.7. The Morgan fingerprint density at radius 2 is 1.86 bits per heavy atom. The fourth-order valence-electron chi connectivity index (χ4n) is 5.13. The number of hydrazine groups is 1. The van der Waals surface area contributed by atoms with E-state index in [1.54, 1.807) is 13.0 Å². The van der Waals surface area contributed by atoms with Crippen molar-refractivity contribution in [2.24, 2.45) is 10.9 Å². The first-order chi connectivity index (χ1) is 26.4. The Morgan fingerprint density at radius 3 is 2.52 bits per heavy atom. The lowest BCUT2D eigenvalue weighted by atomic mass is 10.0. The van der Waals surface area contributed by atoms with Crippen molar-refractivity contribution < 1.29 is 48.9 Å². The molecule has 22 nitrogen and oxygen atoms in total. The molecule has 0 bridgehead atoms. The fourth-order valence-corrected chi connectivity index (χ4v) is 8.21. The topological polar surface area (TPSA) is 332 Å². The number of carboxylic acids is 1. The molecule has 2 aliphatic heterocycles. The number of primary amides is 1. The number of carboxylic acid groups (broad SMARTS) is 1. The fraction of sp³-hybridized carbons (Fsp3) is 0.258. The van der Waals surface area contributed by atoms with E-state index in [2.05, 4.69) is 41.4 Å². The summed E-state index contributed by atoms with van der Waals surface area (Å²) in [4.78, 5) is 95.5. The van der Waals surface area contributed by atoms with Crippen molar-refractivity contribution >= 4 is 87.0 Å². The molecule has 0 saturated carbocycles. The molecular formula is C31H30N12O10S3. The quantitative estimate of drug-likeness (QED) is 0.0222. The van der Waals surface area contributed by atoms with Gasteiger partial charge in [0.25, 0.3) is 35.3 Å². The molecule has 3 aromatic heterocycles. The van der Waals surface area contributed by atoms with Gasteiger partial charge in [0.1, 0.15) is 27.8 Å². The maximum Gasteiger partial charge on any atom is 0.352 e. The number of aliphatic carboxylic acids is 1. The van der Waals surface area contributed by atoms with Gasteiger partial charge < -0.3 is 36.9 Å². The van der Waals surface area contributed by atoms with E-state index < -0.39 is 69.7 Å². The zero-order valence-electron chi connectivity index (χ0n) is 29.2. The van der Waals surface area contributed by atoms with Gasteiger partial charge in [-0.3, -0.25) is 39.7 Å². The number of hydrogen-bond donors (Lipinski definition) is 8. The van der Waals surface area contributed by atoms with Gasteiger partial charge in [0.15, 0.2) is 22.3 Å². The number of β-lactam (4-membered cyclic amide) rings is 1. The number of carbonyl (C=O) groups is 6. The number of oxime groups is 1. The van der Waals surface area contributed by atoms with Crippen LogP contribution in [0.2, 0.25) is 0 Å². The zero-order chi connectivity index (χ0) is 40.6. The number of aryl methyl sites for hydroxylation is 1. The first kappa shape index (κ1) is 39.2. The largest absolute Gasteiger partial charge is 0.504 e. The smallest absolute Gasteiger partial charge is 0.352 e. The van der Waals surface area contributed by atoms with Crippen LogP contribution in [0.15, 0.2) is 51.1 Å². The van der Waals surface area contributed by atoms with Crippen molar-refractivity contribution in [2.45, 2.75) is 42.8 Å². The minimum absolute atomic E-state index is 0.0530. The van der Waals surface area contributed by atoms with Crippen LogP contribution in [0.4, 0.5) is 5.13 Å².